The number of hydrogen-bond acceptors (Lipinski definition) is 4. The van der Waals surface area contributed by atoms with E-state index in [0.717, 1.165) is 67.2 Å². The fourth-order valence-corrected chi connectivity index (χ4v) is 9.61. The van der Waals surface area contributed by atoms with Crippen LogP contribution >= 0.6 is 0 Å². The molecule has 2 heterocycles. The lowest BCUT2D eigenvalue weighted by molar-refractivity contribution is 0.361. The van der Waals surface area contributed by atoms with Gasteiger partial charge < -0.3 is 9.47 Å². The van der Waals surface area contributed by atoms with Crippen molar-refractivity contribution in [2.45, 2.75) is 5.41 Å². The van der Waals surface area contributed by atoms with Gasteiger partial charge in [0.2, 0.25) is 0 Å². The Morgan fingerprint density at radius 2 is 0.825 bits per heavy atom. The Bertz CT molecular complexity index is 3290. The summed E-state index contributed by atoms with van der Waals surface area (Å²) < 4.78 is 14.0. The van der Waals surface area contributed by atoms with E-state index in [1.54, 1.807) is 0 Å². The molecule has 10 aromatic rings. The van der Waals surface area contributed by atoms with Crippen molar-refractivity contribution in [1.29, 1.82) is 0 Å². The van der Waals surface area contributed by atoms with E-state index in [9.17, 15) is 0 Å². The minimum Gasteiger partial charge on any atom is -0.449 e. The third-order valence-corrected chi connectivity index (χ3v) is 12.4. The van der Waals surface area contributed by atoms with Crippen LogP contribution < -0.4 is 9.47 Å². The zero-order valence-electron chi connectivity index (χ0n) is 34.2. The molecular weight excluding hydrogens is 769 g/mol. The lowest BCUT2D eigenvalue weighted by Crippen LogP contribution is -2.28. The molecule has 0 fully saturated rings. The molecule has 296 valence electrons. The molecule has 0 N–H and O–H groups in total. The first-order valence-corrected chi connectivity index (χ1v) is 21.3. The van der Waals surface area contributed by atoms with Crippen LogP contribution in [0.3, 0.4) is 0 Å². The number of hydrogen-bond donors (Lipinski definition) is 0. The van der Waals surface area contributed by atoms with Crippen LogP contribution in [0.1, 0.15) is 22.3 Å². The molecule has 1 aromatic heterocycles. The van der Waals surface area contributed by atoms with Gasteiger partial charge in [-0.3, -0.25) is 0 Å². The standard InChI is InChI=1S/C59H38N2O2/c1-5-18-39(19-6-1)41-22-15-24-43(36-41)52-38-51(40-20-7-2-8-21-40)60-58(61-52)44-25-16-23-42(37-44)47-31-17-33-53-56(47)62-54-35-34-50-55(57(54)63-53)48-30-13-14-32-49(48)59(50,45-26-9-3-10-27-45)46-28-11-4-12-29-46/h1-38H. The molecule has 4 heteroatoms. The highest BCUT2D eigenvalue weighted by Gasteiger charge is 2.48. The highest BCUT2D eigenvalue weighted by atomic mass is 16.6. The molecule has 0 amide bonds. The third-order valence-electron chi connectivity index (χ3n) is 12.4. The van der Waals surface area contributed by atoms with Crippen molar-refractivity contribution >= 4 is 0 Å². The summed E-state index contributed by atoms with van der Waals surface area (Å²) in [7, 11) is 0. The summed E-state index contributed by atoms with van der Waals surface area (Å²) in [5.41, 5.74) is 15.3. The van der Waals surface area contributed by atoms with Crippen molar-refractivity contribution in [1.82, 2.24) is 9.97 Å². The van der Waals surface area contributed by atoms with Crippen LogP contribution in [0.15, 0.2) is 231 Å². The largest absolute Gasteiger partial charge is 0.449 e. The zero-order chi connectivity index (χ0) is 41.7. The summed E-state index contributed by atoms with van der Waals surface area (Å²) in [5, 5.41) is 0. The Kier molecular flexibility index (Phi) is 8.68. The van der Waals surface area contributed by atoms with Gasteiger partial charge in [-0.1, -0.05) is 200 Å². The quantitative estimate of drug-likeness (QED) is 0.161. The molecule has 1 aliphatic carbocycles. The topological polar surface area (TPSA) is 44.2 Å². The van der Waals surface area contributed by atoms with Gasteiger partial charge in [-0.25, -0.2) is 9.97 Å². The van der Waals surface area contributed by atoms with E-state index in [1.807, 2.05) is 36.4 Å². The second kappa shape index (κ2) is 15.0. The van der Waals surface area contributed by atoms with E-state index in [2.05, 4.69) is 194 Å². The first kappa shape index (κ1) is 36.5. The fourth-order valence-electron chi connectivity index (χ4n) is 9.61. The van der Waals surface area contributed by atoms with Crippen LogP contribution in [0, 0.1) is 0 Å². The molecule has 12 rings (SSSR count). The highest BCUT2D eigenvalue weighted by molar-refractivity contribution is 5.92. The summed E-state index contributed by atoms with van der Waals surface area (Å²) in [6.07, 6.45) is 0. The molecule has 0 bridgehead atoms. The number of benzene rings is 9. The maximum Gasteiger partial charge on any atom is 0.178 e. The van der Waals surface area contributed by atoms with E-state index in [0.29, 0.717) is 23.1 Å². The average Bonchev–Trinajstić information content (AvgIpc) is 3.68. The minimum absolute atomic E-state index is 0.542. The Morgan fingerprint density at radius 1 is 0.317 bits per heavy atom. The maximum absolute atomic E-state index is 7.04. The number of aromatic nitrogens is 2. The maximum atomic E-state index is 7.04. The Morgan fingerprint density at radius 3 is 1.56 bits per heavy atom. The number of rotatable bonds is 7. The average molecular weight is 807 g/mol. The Labute approximate surface area is 366 Å². The number of ether oxygens (including phenoxy) is 2. The molecule has 2 aliphatic rings. The van der Waals surface area contributed by atoms with Gasteiger partial charge in [-0.05, 0) is 74.8 Å². The highest BCUT2D eigenvalue weighted by Crippen LogP contribution is 2.62. The first-order chi connectivity index (χ1) is 31.2. The van der Waals surface area contributed by atoms with E-state index in [-0.39, 0.29) is 0 Å². The summed E-state index contributed by atoms with van der Waals surface area (Å²) in [4.78, 5) is 10.4. The second-order valence-corrected chi connectivity index (χ2v) is 16.0. The molecular formula is C59H38N2O2. The van der Waals surface area contributed by atoms with Gasteiger partial charge in [0, 0.05) is 27.8 Å². The van der Waals surface area contributed by atoms with Gasteiger partial charge in [-0.15, -0.1) is 0 Å². The predicted molar refractivity (Wildman–Crippen MR) is 253 cm³/mol. The van der Waals surface area contributed by atoms with Crippen LogP contribution in [0.4, 0.5) is 0 Å². The smallest absolute Gasteiger partial charge is 0.178 e. The van der Waals surface area contributed by atoms with Gasteiger partial charge in [0.1, 0.15) is 0 Å². The summed E-state index contributed by atoms with van der Waals surface area (Å²) >= 11 is 0. The van der Waals surface area contributed by atoms with Gasteiger partial charge >= 0.3 is 0 Å². The molecule has 4 nitrogen and oxygen atoms in total. The van der Waals surface area contributed by atoms with Crippen LogP contribution in [0.2, 0.25) is 0 Å². The van der Waals surface area contributed by atoms with Crippen molar-refractivity contribution in [3.63, 3.8) is 0 Å². The fraction of sp³-hybridized carbons (Fsp3) is 0.0169. The van der Waals surface area contributed by atoms with Crippen molar-refractivity contribution < 1.29 is 9.47 Å². The molecule has 0 atom stereocenters. The normalized spacial score (nSPS) is 12.8. The molecule has 0 unspecified atom stereocenters. The van der Waals surface area contributed by atoms with Crippen LogP contribution in [-0.2, 0) is 5.41 Å². The zero-order valence-corrected chi connectivity index (χ0v) is 34.2. The summed E-state index contributed by atoms with van der Waals surface area (Å²) in [6, 6.07) is 80.5. The monoisotopic (exact) mass is 806 g/mol. The number of nitrogens with zero attached hydrogens (tertiary/aromatic N) is 2. The van der Waals surface area contributed by atoms with Crippen molar-refractivity contribution in [3.8, 4) is 90.3 Å². The third kappa shape index (κ3) is 6.07. The predicted octanol–water partition coefficient (Wildman–Crippen LogP) is 15.1. The molecule has 0 saturated heterocycles. The van der Waals surface area contributed by atoms with Gasteiger partial charge in [0.05, 0.1) is 16.8 Å². The van der Waals surface area contributed by atoms with Crippen LogP contribution in [0.5, 0.6) is 23.0 Å². The van der Waals surface area contributed by atoms with Crippen molar-refractivity contribution in [2.75, 3.05) is 0 Å². The van der Waals surface area contributed by atoms with Crippen molar-refractivity contribution in [2.24, 2.45) is 0 Å². The summed E-state index contributed by atoms with van der Waals surface area (Å²) in [6.45, 7) is 0. The van der Waals surface area contributed by atoms with E-state index in [1.165, 1.54) is 22.3 Å². The Balaban J connectivity index is 0.957. The number of para-hydroxylation sites is 1. The molecule has 0 radical (unpaired) electrons. The minimum atomic E-state index is -0.542. The Hall–Kier alpha value is -8.34. The first-order valence-electron chi connectivity index (χ1n) is 21.3. The van der Waals surface area contributed by atoms with E-state index >= 15 is 0 Å². The van der Waals surface area contributed by atoms with Gasteiger partial charge in [-0.2, -0.15) is 0 Å². The van der Waals surface area contributed by atoms with Crippen molar-refractivity contribution in [3.05, 3.63) is 253 Å². The van der Waals surface area contributed by atoms with Crippen LogP contribution in [0.25, 0.3) is 67.3 Å². The van der Waals surface area contributed by atoms with Gasteiger partial charge in [0.25, 0.3) is 0 Å². The van der Waals surface area contributed by atoms with Gasteiger partial charge in [0.15, 0.2) is 28.8 Å². The summed E-state index contributed by atoms with van der Waals surface area (Å²) in [5.74, 6) is 3.37. The lowest BCUT2D eigenvalue weighted by atomic mass is 9.68. The SMILES string of the molecule is c1ccc(-c2cccc(-c3cc(-c4ccccc4)nc(-c4cccc(-c5cccc6c5Oc5ccc7c(c5O6)-c5ccccc5C7(c5ccccc5)c5ccccc5)c4)n3)c2)cc1. The van der Waals surface area contributed by atoms with E-state index in [4.69, 9.17) is 19.4 Å². The molecule has 1 aliphatic heterocycles. The lowest BCUT2D eigenvalue weighted by Gasteiger charge is -2.34. The van der Waals surface area contributed by atoms with Crippen LogP contribution in [-0.4, -0.2) is 9.97 Å². The molecule has 63 heavy (non-hydrogen) atoms. The molecule has 9 aromatic carbocycles. The second-order valence-electron chi connectivity index (χ2n) is 16.0. The van der Waals surface area contributed by atoms with E-state index < -0.39 is 5.41 Å². The molecule has 0 saturated carbocycles. The molecule has 0 spiro atoms. The number of fused-ring (bicyclic) bond motifs is 6.